The molecule has 0 saturated heterocycles. The van der Waals surface area contributed by atoms with Crippen LogP contribution in [0.1, 0.15) is 11.3 Å². The highest BCUT2D eigenvalue weighted by molar-refractivity contribution is 7.99. The van der Waals surface area contributed by atoms with E-state index in [2.05, 4.69) is 26.0 Å². The van der Waals surface area contributed by atoms with E-state index in [1.807, 2.05) is 0 Å². The first-order chi connectivity index (χ1) is 12.3. The predicted molar refractivity (Wildman–Crippen MR) is 84.7 cm³/mol. The lowest BCUT2D eigenvalue weighted by molar-refractivity contribution is -0.137. The number of halogens is 3. The van der Waals surface area contributed by atoms with Crippen LogP contribution < -0.4 is 5.32 Å². The number of hydrogen-bond acceptors (Lipinski definition) is 7. The van der Waals surface area contributed by atoms with Gasteiger partial charge in [0.05, 0.1) is 17.0 Å². The summed E-state index contributed by atoms with van der Waals surface area (Å²) < 4.78 is 45.3. The second-order valence-corrected chi connectivity index (χ2v) is 5.99. The van der Waals surface area contributed by atoms with Crippen LogP contribution in [0.15, 0.2) is 40.0 Å². The molecular weight excluding hydrogens is 373 g/mol. The number of anilines is 1. The molecular formula is C14H11F3N6O2S. The summed E-state index contributed by atoms with van der Waals surface area (Å²) in [6, 6.07) is 6.44. The van der Waals surface area contributed by atoms with Gasteiger partial charge in [-0.2, -0.15) is 17.9 Å². The predicted octanol–water partition coefficient (Wildman–Crippen LogP) is 2.71. The Morgan fingerprint density at radius 1 is 1.35 bits per heavy atom. The Labute approximate surface area is 148 Å². The van der Waals surface area contributed by atoms with E-state index in [1.54, 1.807) is 6.92 Å². The highest BCUT2D eigenvalue weighted by Gasteiger charge is 2.34. The maximum absolute atomic E-state index is 13.2. The summed E-state index contributed by atoms with van der Waals surface area (Å²) >= 11 is 0.891. The highest BCUT2D eigenvalue weighted by atomic mass is 32.2. The summed E-state index contributed by atoms with van der Waals surface area (Å²) in [5.74, 6) is 0.221. The number of carbonyl (C=O) groups is 1. The molecule has 2 heterocycles. The van der Waals surface area contributed by atoms with Crippen molar-refractivity contribution in [2.24, 2.45) is 0 Å². The van der Waals surface area contributed by atoms with E-state index < -0.39 is 17.6 Å². The Morgan fingerprint density at radius 2 is 2.12 bits per heavy atom. The molecule has 2 aromatic heterocycles. The Hall–Kier alpha value is -2.89. The van der Waals surface area contributed by atoms with Crippen LogP contribution in [-0.4, -0.2) is 37.0 Å². The summed E-state index contributed by atoms with van der Waals surface area (Å²) in [5, 5.41) is 16.9. The minimum atomic E-state index is -4.56. The van der Waals surface area contributed by atoms with Gasteiger partial charge in [-0.05, 0) is 29.5 Å². The molecule has 1 aromatic carbocycles. The van der Waals surface area contributed by atoms with Crippen LogP contribution in [-0.2, 0) is 11.0 Å². The summed E-state index contributed by atoms with van der Waals surface area (Å²) in [4.78, 5) is 11.9. The Bertz CT molecular complexity index is 923. The Balaban J connectivity index is 1.75. The molecule has 0 atom stereocenters. The van der Waals surface area contributed by atoms with Crippen LogP contribution in [0.2, 0.25) is 0 Å². The third-order valence-corrected chi connectivity index (χ3v) is 4.03. The van der Waals surface area contributed by atoms with Crippen molar-refractivity contribution in [2.75, 3.05) is 11.1 Å². The molecule has 3 rings (SSSR count). The van der Waals surface area contributed by atoms with Gasteiger partial charge in [-0.15, -0.1) is 5.10 Å². The van der Waals surface area contributed by atoms with E-state index in [0.717, 1.165) is 22.5 Å². The number of thioether (sulfide) groups is 1. The molecule has 0 aliphatic carbocycles. The number of nitrogens with one attached hydrogen (secondary N) is 1. The molecule has 0 fully saturated rings. The molecule has 12 heteroatoms. The van der Waals surface area contributed by atoms with Crippen LogP contribution in [0.4, 0.5) is 19.0 Å². The highest BCUT2D eigenvalue weighted by Crippen LogP contribution is 2.34. The summed E-state index contributed by atoms with van der Waals surface area (Å²) in [5.41, 5.74) is -1.10. The van der Waals surface area contributed by atoms with Crippen LogP contribution in [0, 0.1) is 6.92 Å². The first kappa shape index (κ1) is 17.9. The number of aryl methyl sites for hydroxylation is 1. The zero-order valence-corrected chi connectivity index (χ0v) is 14.0. The monoisotopic (exact) mass is 384 g/mol. The molecule has 0 bridgehead atoms. The third kappa shape index (κ3) is 4.02. The number of rotatable bonds is 5. The average molecular weight is 384 g/mol. The molecule has 136 valence electrons. The number of benzene rings is 1. The second-order valence-electron chi connectivity index (χ2n) is 5.05. The van der Waals surface area contributed by atoms with Crippen LogP contribution in [0.25, 0.3) is 5.69 Å². The fourth-order valence-corrected chi connectivity index (χ4v) is 2.74. The van der Waals surface area contributed by atoms with Gasteiger partial charge in [-0.1, -0.05) is 29.1 Å². The van der Waals surface area contributed by atoms with Crippen molar-refractivity contribution >= 4 is 23.5 Å². The van der Waals surface area contributed by atoms with Crippen molar-refractivity contribution in [3.05, 3.63) is 41.7 Å². The SMILES string of the molecule is Cc1cc(NC(=O)CSc2nnnn2-c2ccccc2C(F)(F)F)no1. The molecule has 1 N–H and O–H groups in total. The zero-order valence-electron chi connectivity index (χ0n) is 13.2. The zero-order chi connectivity index (χ0) is 18.7. The van der Waals surface area contributed by atoms with Crippen LogP contribution in [0.5, 0.6) is 0 Å². The van der Waals surface area contributed by atoms with Crippen LogP contribution in [0.3, 0.4) is 0 Å². The number of alkyl halides is 3. The lowest BCUT2D eigenvalue weighted by Crippen LogP contribution is -2.15. The van der Waals surface area contributed by atoms with Gasteiger partial charge >= 0.3 is 6.18 Å². The fraction of sp³-hybridized carbons (Fsp3) is 0.214. The summed E-state index contributed by atoms with van der Waals surface area (Å²) in [6.07, 6.45) is -4.56. The molecule has 0 radical (unpaired) electrons. The topological polar surface area (TPSA) is 98.7 Å². The molecule has 0 aliphatic heterocycles. The fourth-order valence-electron chi connectivity index (χ4n) is 2.05. The van der Waals surface area contributed by atoms with Gasteiger partial charge in [-0.25, -0.2) is 0 Å². The van der Waals surface area contributed by atoms with Crippen molar-refractivity contribution in [2.45, 2.75) is 18.3 Å². The maximum Gasteiger partial charge on any atom is 0.418 e. The quantitative estimate of drug-likeness (QED) is 0.675. The first-order valence-electron chi connectivity index (χ1n) is 7.15. The molecule has 0 saturated carbocycles. The van der Waals surface area contributed by atoms with Gasteiger partial charge in [0.1, 0.15) is 5.76 Å². The third-order valence-electron chi connectivity index (χ3n) is 3.11. The Morgan fingerprint density at radius 3 is 2.81 bits per heavy atom. The number of amides is 1. The van der Waals surface area contributed by atoms with Crippen molar-refractivity contribution < 1.29 is 22.5 Å². The molecule has 1 amide bonds. The van der Waals surface area contributed by atoms with Gasteiger partial charge in [0, 0.05) is 6.07 Å². The number of para-hydroxylation sites is 1. The molecule has 26 heavy (non-hydrogen) atoms. The van der Waals surface area contributed by atoms with Crippen molar-refractivity contribution in [1.82, 2.24) is 25.4 Å². The maximum atomic E-state index is 13.2. The number of aromatic nitrogens is 5. The average Bonchev–Trinajstić information content (AvgIpc) is 3.21. The minimum absolute atomic E-state index is 0.0492. The lowest BCUT2D eigenvalue weighted by atomic mass is 10.2. The number of nitrogens with zero attached hydrogens (tertiary/aromatic N) is 5. The van der Waals surface area contributed by atoms with E-state index in [4.69, 9.17) is 4.52 Å². The van der Waals surface area contributed by atoms with Crippen molar-refractivity contribution in [3.63, 3.8) is 0 Å². The Kier molecular flexibility index (Phi) is 4.93. The standard InChI is InChI=1S/C14H11F3N6O2S/c1-8-6-11(20-25-8)18-12(24)7-26-13-19-21-22-23(13)10-5-3-2-4-9(10)14(15,16)17/h2-6H,7H2,1H3,(H,18,20,24). The van der Waals surface area contributed by atoms with E-state index >= 15 is 0 Å². The van der Waals surface area contributed by atoms with E-state index in [-0.39, 0.29) is 22.4 Å². The molecule has 8 nitrogen and oxygen atoms in total. The lowest BCUT2D eigenvalue weighted by Gasteiger charge is -2.12. The smallest absolute Gasteiger partial charge is 0.360 e. The number of carbonyl (C=O) groups excluding carboxylic acids is 1. The number of hydrogen-bond donors (Lipinski definition) is 1. The first-order valence-corrected chi connectivity index (χ1v) is 8.14. The second kappa shape index (κ2) is 7.15. The summed E-state index contributed by atoms with van der Waals surface area (Å²) in [6.45, 7) is 1.67. The van der Waals surface area contributed by atoms with Gasteiger partial charge < -0.3 is 9.84 Å². The van der Waals surface area contributed by atoms with Gasteiger partial charge in [0.25, 0.3) is 0 Å². The van der Waals surface area contributed by atoms with E-state index in [9.17, 15) is 18.0 Å². The summed E-state index contributed by atoms with van der Waals surface area (Å²) in [7, 11) is 0. The van der Waals surface area contributed by atoms with Crippen molar-refractivity contribution in [1.29, 1.82) is 0 Å². The molecule has 0 spiro atoms. The largest absolute Gasteiger partial charge is 0.418 e. The van der Waals surface area contributed by atoms with Gasteiger partial charge in [0.15, 0.2) is 5.82 Å². The molecule has 0 aliphatic rings. The molecule has 0 unspecified atom stereocenters. The van der Waals surface area contributed by atoms with Gasteiger partial charge in [0.2, 0.25) is 11.1 Å². The van der Waals surface area contributed by atoms with Crippen LogP contribution >= 0.6 is 11.8 Å². The van der Waals surface area contributed by atoms with E-state index in [0.29, 0.717) is 5.76 Å². The molecule has 3 aromatic rings. The van der Waals surface area contributed by atoms with Gasteiger partial charge in [-0.3, -0.25) is 4.79 Å². The van der Waals surface area contributed by atoms with Crippen molar-refractivity contribution in [3.8, 4) is 5.69 Å². The van der Waals surface area contributed by atoms with E-state index in [1.165, 1.54) is 24.3 Å². The minimum Gasteiger partial charge on any atom is -0.360 e. The normalized spacial score (nSPS) is 11.5. The number of tetrazole rings is 1.